The number of nitro benzene ring substituents is 1. The van der Waals surface area contributed by atoms with Gasteiger partial charge in [0.1, 0.15) is 0 Å². The third kappa shape index (κ3) is 3.75. The molecule has 0 aromatic heterocycles. The summed E-state index contributed by atoms with van der Waals surface area (Å²) in [5.74, 6) is -0.752. The van der Waals surface area contributed by atoms with Gasteiger partial charge in [-0.3, -0.25) is 15.0 Å². The second kappa shape index (κ2) is 7.03. The van der Waals surface area contributed by atoms with Crippen LogP contribution >= 0.6 is 0 Å². The van der Waals surface area contributed by atoms with E-state index < -0.39 is 16.4 Å². The first-order valence-electron chi connectivity index (χ1n) is 5.73. The third-order valence-corrected chi connectivity index (χ3v) is 2.71. The summed E-state index contributed by atoms with van der Waals surface area (Å²) < 4.78 is 18.8. The topological polar surface area (TPSA) is 55.6 Å². The molecular formula is C12H17FN2O3. The minimum atomic E-state index is -0.752. The number of likely N-dealkylation sites (N-methyl/N-ethyl adjacent to an activating group) is 1. The van der Waals surface area contributed by atoms with E-state index in [1.54, 1.807) is 13.2 Å². The Labute approximate surface area is 105 Å². The number of methoxy groups -OCH3 is 1. The Morgan fingerprint density at radius 3 is 2.78 bits per heavy atom. The molecule has 0 fully saturated rings. The number of hydrogen-bond donors (Lipinski definition) is 0. The fraction of sp³-hybridized carbons (Fsp3) is 0.500. The molecule has 0 radical (unpaired) electrons. The highest BCUT2D eigenvalue weighted by Crippen LogP contribution is 2.21. The molecule has 0 saturated carbocycles. The van der Waals surface area contributed by atoms with Crippen LogP contribution in [-0.4, -0.2) is 36.6 Å². The summed E-state index contributed by atoms with van der Waals surface area (Å²) in [6.45, 7) is 4.23. The molecule has 0 atom stereocenters. The maximum absolute atomic E-state index is 13.8. The molecule has 18 heavy (non-hydrogen) atoms. The standard InChI is InChI=1S/C12H17FN2O3/c1-3-14(7-8-18-2)9-10-5-4-6-11(12(10)13)15(16)17/h4-6H,3,7-9H2,1-2H3. The van der Waals surface area contributed by atoms with Crippen molar-refractivity contribution >= 4 is 5.69 Å². The zero-order chi connectivity index (χ0) is 13.5. The Morgan fingerprint density at radius 1 is 1.50 bits per heavy atom. The van der Waals surface area contributed by atoms with Crippen molar-refractivity contribution < 1.29 is 14.1 Å². The molecule has 1 aromatic carbocycles. The molecule has 0 heterocycles. The SMILES string of the molecule is CCN(CCOC)Cc1cccc([N+](=O)[O-])c1F. The molecule has 0 amide bonds. The number of halogens is 1. The van der Waals surface area contributed by atoms with Gasteiger partial charge in [-0.15, -0.1) is 0 Å². The van der Waals surface area contributed by atoms with Gasteiger partial charge < -0.3 is 4.74 Å². The Balaban J connectivity index is 2.83. The van der Waals surface area contributed by atoms with E-state index in [4.69, 9.17) is 4.74 Å². The highest BCUT2D eigenvalue weighted by atomic mass is 19.1. The first-order valence-corrected chi connectivity index (χ1v) is 5.73. The lowest BCUT2D eigenvalue weighted by Gasteiger charge is -2.20. The van der Waals surface area contributed by atoms with Crippen molar-refractivity contribution in [2.75, 3.05) is 26.8 Å². The van der Waals surface area contributed by atoms with Gasteiger partial charge in [0.05, 0.1) is 11.5 Å². The average molecular weight is 256 g/mol. The second-order valence-corrected chi connectivity index (χ2v) is 3.87. The van der Waals surface area contributed by atoms with Crippen molar-refractivity contribution in [2.24, 2.45) is 0 Å². The monoisotopic (exact) mass is 256 g/mol. The van der Waals surface area contributed by atoms with E-state index in [1.165, 1.54) is 12.1 Å². The van der Waals surface area contributed by atoms with Gasteiger partial charge in [-0.1, -0.05) is 19.1 Å². The molecule has 5 nitrogen and oxygen atoms in total. The minimum absolute atomic E-state index is 0.335. The van der Waals surface area contributed by atoms with Gasteiger partial charge in [0.25, 0.3) is 0 Å². The minimum Gasteiger partial charge on any atom is -0.383 e. The number of benzene rings is 1. The summed E-state index contributed by atoms with van der Waals surface area (Å²) >= 11 is 0. The third-order valence-electron chi connectivity index (χ3n) is 2.71. The molecular weight excluding hydrogens is 239 g/mol. The molecule has 0 saturated heterocycles. The Kier molecular flexibility index (Phi) is 5.67. The van der Waals surface area contributed by atoms with Crippen LogP contribution in [0.5, 0.6) is 0 Å². The molecule has 1 rings (SSSR count). The van der Waals surface area contributed by atoms with Crippen molar-refractivity contribution in [1.29, 1.82) is 0 Å². The fourth-order valence-corrected chi connectivity index (χ4v) is 1.64. The van der Waals surface area contributed by atoms with Gasteiger partial charge in [0.15, 0.2) is 0 Å². The molecule has 6 heteroatoms. The summed E-state index contributed by atoms with van der Waals surface area (Å²) in [4.78, 5) is 11.9. The first-order chi connectivity index (χ1) is 8.60. The Morgan fingerprint density at radius 2 is 2.22 bits per heavy atom. The fourth-order valence-electron chi connectivity index (χ4n) is 1.64. The van der Waals surface area contributed by atoms with Crippen LogP contribution in [0.2, 0.25) is 0 Å². The van der Waals surface area contributed by atoms with Gasteiger partial charge >= 0.3 is 5.69 Å². The van der Waals surface area contributed by atoms with Crippen LogP contribution in [0.3, 0.4) is 0 Å². The zero-order valence-corrected chi connectivity index (χ0v) is 10.6. The van der Waals surface area contributed by atoms with Gasteiger partial charge in [0, 0.05) is 31.8 Å². The van der Waals surface area contributed by atoms with Crippen LogP contribution < -0.4 is 0 Å². The zero-order valence-electron chi connectivity index (χ0n) is 10.6. The lowest BCUT2D eigenvalue weighted by molar-refractivity contribution is -0.387. The summed E-state index contributed by atoms with van der Waals surface area (Å²) in [6, 6.07) is 4.24. The highest BCUT2D eigenvalue weighted by molar-refractivity contribution is 5.36. The van der Waals surface area contributed by atoms with Crippen LogP contribution in [0.1, 0.15) is 12.5 Å². The van der Waals surface area contributed by atoms with Crippen molar-refractivity contribution in [3.05, 3.63) is 39.7 Å². The molecule has 1 aromatic rings. The van der Waals surface area contributed by atoms with E-state index in [-0.39, 0.29) is 0 Å². The summed E-state index contributed by atoms with van der Waals surface area (Å²) in [6.07, 6.45) is 0. The van der Waals surface area contributed by atoms with Crippen molar-refractivity contribution in [3.8, 4) is 0 Å². The number of nitro groups is 1. The summed E-state index contributed by atoms with van der Waals surface area (Å²) in [7, 11) is 1.60. The molecule has 100 valence electrons. The van der Waals surface area contributed by atoms with E-state index in [0.29, 0.717) is 25.3 Å². The maximum Gasteiger partial charge on any atom is 0.305 e. The lowest BCUT2D eigenvalue weighted by Crippen LogP contribution is -2.27. The van der Waals surface area contributed by atoms with Crippen molar-refractivity contribution in [3.63, 3.8) is 0 Å². The van der Waals surface area contributed by atoms with E-state index >= 15 is 0 Å². The first kappa shape index (κ1) is 14.5. The average Bonchev–Trinajstić information content (AvgIpc) is 2.36. The largest absolute Gasteiger partial charge is 0.383 e. The highest BCUT2D eigenvalue weighted by Gasteiger charge is 2.18. The van der Waals surface area contributed by atoms with Gasteiger partial charge in [-0.25, -0.2) is 0 Å². The van der Waals surface area contributed by atoms with Gasteiger partial charge in [-0.2, -0.15) is 4.39 Å². The van der Waals surface area contributed by atoms with Gasteiger partial charge in [-0.05, 0) is 6.54 Å². The van der Waals surface area contributed by atoms with Gasteiger partial charge in [0.2, 0.25) is 5.82 Å². The maximum atomic E-state index is 13.8. The Hall–Kier alpha value is -1.53. The summed E-state index contributed by atoms with van der Waals surface area (Å²) in [5.41, 5.74) is -0.141. The number of ether oxygens (including phenoxy) is 1. The quantitative estimate of drug-likeness (QED) is 0.554. The second-order valence-electron chi connectivity index (χ2n) is 3.87. The molecule has 0 aliphatic carbocycles. The van der Waals surface area contributed by atoms with Crippen molar-refractivity contribution in [1.82, 2.24) is 4.90 Å². The van der Waals surface area contributed by atoms with E-state index in [1.807, 2.05) is 11.8 Å². The van der Waals surface area contributed by atoms with E-state index in [0.717, 1.165) is 6.54 Å². The van der Waals surface area contributed by atoms with Crippen LogP contribution in [0.25, 0.3) is 0 Å². The van der Waals surface area contributed by atoms with Crippen molar-refractivity contribution in [2.45, 2.75) is 13.5 Å². The predicted octanol–water partition coefficient (Wildman–Crippen LogP) is 2.20. The smallest absolute Gasteiger partial charge is 0.305 e. The van der Waals surface area contributed by atoms with Crippen LogP contribution in [0, 0.1) is 15.9 Å². The number of nitrogens with zero attached hydrogens (tertiary/aromatic N) is 2. The van der Waals surface area contributed by atoms with Crippen LogP contribution in [0.15, 0.2) is 18.2 Å². The van der Waals surface area contributed by atoms with E-state index in [9.17, 15) is 14.5 Å². The molecule has 0 N–H and O–H groups in total. The van der Waals surface area contributed by atoms with Crippen LogP contribution in [-0.2, 0) is 11.3 Å². The molecule has 0 aliphatic rings. The molecule has 0 spiro atoms. The molecule has 0 bridgehead atoms. The Bertz CT molecular complexity index is 412. The normalized spacial score (nSPS) is 10.9. The predicted molar refractivity (Wildman–Crippen MR) is 65.9 cm³/mol. The summed E-state index contributed by atoms with van der Waals surface area (Å²) in [5, 5.41) is 10.6. The van der Waals surface area contributed by atoms with Crippen LogP contribution in [0.4, 0.5) is 10.1 Å². The number of rotatable bonds is 7. The molecule has 0 unspecified atom stereocenters. The lowest BCUT2D eigenvalue weighted by atomic mass is 10.1. The molecule has 0 aliphatic heterocycles. The van der Waals surface area contributed by atoms with E-state index in [2.05, 4.69) is 0 Å². The number of hydrogen-bond acceptors (Lipinski definition) is 4.